The van der Waals surface area contributed by atoms with Gasteiger partial charge < -0.3 is 9.84 Å². The van der Waals surface area contributed by atoms with Crippen molar-refractivity contribution in [3.05, 3.63) is 35.4 Å². The molecule has 0 aliphatic carbocycles. The second kappa shape index (κ2) is 4.91. The molecule has 1 aromatic rings. The number of hydrogen-bond acceptors (Lipinski definition) is 2. The third-order valence-corrected chi connectivity index (χ3v) is 3.87. The summed E-state index contributed by atoms with van der Waals surface area (Å²) in [5.74, 6) is -8.63. The van der Waals surface area contributed by atoms with Gasteiger partial charge in [0.2, 0.25) is 0 Å². The molecule has 0 bridgehead atoms. The molecular formula is C14H15F5O2. The maximum absolute atomic E-state index is 13.7. The van der Waals surface area contributed by atoms with Crippen LogP contribution in [0.4, 0.5) is 22.0 Å². The van der Waals surface area contributed by atoms with Crippen LogP contribution >= 0.6 is 0 Å². The summed E-state index contributed by atoms with van der Waals surface area (Å²) in [5, 5.41) is 8.99. The highest BCUT2D eigenvalue weighted by Gasteiger charge is 2.82. The molecule has 2 rings (SSSR count). The van der Waals surface area contributed by atoms with Crippen molar-refractivity contribution in [2.75, 3.05) is 0 Å². The summed E-state index contributed by atoms with van der Waals surface area (Å²) in [5.41, 5.74) is 0.802. The summed E-state index contributed by atoms with van der Waals surface area (Å²) >= 11 is 0. The molecule has 2 nitrogen and oxygen atoms in total. The molecule has 0 radical (unpaired) electrons. The quantitative estimate of drug-likeness (QED) is 0.850. The first-order valence-corrected chi connectivity index (χ1v) is 6.49. The van der Waals surface area contributed by atoms with Crippen LogP contribution in [-0.4, -0.2) is 23.0 Å². The molecular weight excluding hydrogens is 295 g/mol. The molecule has 21 heavy (non-hydrogen) atoms. The normalized spacial score (nSPS) is 29.8. The molecule has 0 aromatic heterocycles. The van der Waals surface area contributed by atoms with Gasteiger partial charge >= 0.3 is 17.9 Å². The van der Waals surface area contributed by atoms with Crippen molar-refractivity contribution in [2.45, 2.75) is 50.2 Å². The van der Waals surface area contributed by atoms with Crippen LogP contribution in [0, 0.1) is 0 Å². The minimum absolute atomic E-state index is 0.0963. The molecule has 1 aliphatic rings. The monoisotopic (exact) mass is 310 g/mol. The van der Waals surface area contributed by atoms with Crippen molar-refractivity contribution in [1.82, 2.24) is 0 Å². The molecule has 1 aliphatic heterocycles. The number of benzene rings is 1. The number of halogens is 5. The maximum Gasteiger partial charge on any atom is 0.449 e. The second-order valence-electron chi connectivity index (χ2n) is 5.24. The first kappa shape index (κ1) is 16.2. The Hall–Kier alpha value is -1.21. The van der Waals surface area contributed by atoms with Gasteiger partial charge in [0.05, 0.1) is 0 Å². The van der Waals surface area contributed by atoms with Gasteiger partial charge in [0.1, 0.15) is 0 Å². The molecule has 1 N–H and O–H groups in total. The Bertz CT molecular complexity index is 511. The first-order chi connectivity index (χ1) is 9.54. The van der Waals surface area contributed by atoms with Crippen LogP contribution in [0.15, 0.2) is 24.3 Å². The largest absolute Gasteiger partial charge is 0.449 e. The Kier molecular flexibility index (Phi) is 3.78. The average Bonchev–Trinajstić information content (AvgIpc) is 2.42. The van der Waals surface area contributed by atoms with Crippen LogP contribution in [0.3, 0.4) is 0 Å². The highest BCUT2D eigenvalue weighted by Crippen LogP contribution is 2.60. The van der Waals surface area contributed by atoms with Crippen molar-refractivity contribution in [2.24, 2.45) is 0 Å². The third-order valence-electron chi connectivity index (χ3n) is 3.87. The fraction of sp³-hybridized carbons (Fsp3) is 0.571. The zero-order valence-corrected chi connectivity index (χ0v) is 11.4. The van der Waals surface area contributed by atoms with E-state index in [1.165, 1.54) is 12.1 Å². The lowest BCUT2D eigenvalue weighted by molar-refractivity contribution is -0.528. The van der Waals surface area contributed by atoms with E-state index in [1.54, 1.807) is 12.1 Å². The average molecular weight is 310 g/mol. The van der Waals surface area contributed by atoms with Crippen LogP contribution in [0.5, 0.6) is 0 Å². The zero-order chi connectivity index (χ0) is 16.1. The zero-order valence-electron chi connectivity index (χ0n) is 11.4. The van der Waals surface area contributed by atoms with Crippen LogP contribution in [0.2, 0.25) is 0 Å². The summed E-state index contributed by atoms with van der Waals surface area (Å²) in [6.07, 6.45) is -6.80. The van der Waals surface area contributed by atoms with Gasteiger partial charge in [-0.05, 0) is 23.5 Å². The van der Waals surface area contributed by atoms with E-state index in [1.807, 2.05) is 13.8 Å². The Morgan fingerprint density at radius 3 is 2.14 bits per heavy atom. The predicted octanol–water partition coefficient (Wildman–Crippen LogP) is 4.16. The smallest absolute Gasteiger partial charge is 0.354 e. The van der Waals surface area contributed by atoms with Crippen LogP contribution < -0.4 is 0 Å². The van der Waals surface area contributed by atoms with E-state index < -0.39 is 24.0 Å². The molecule has 7 heteroatoms. The van der Waals surface area contributed by atoms with Crippen LogP contribution in [0.25, 0.3) is 0 Å². The van der Waals surface area contributed by atoms with Gasteiger partial charge in [-0.25, -0.2) is 0 Å². The molecule has 0 spiro atoms. The summed E-state index contributed by atoms with van der Waals surface area (Å²) in [6, 6.07) is 5.76. The molecule has 0 saturated carbocycles. The maximum atomic E-state index is 13.7. The molecule has 0 amide bonds. The predicted molar refractivity (Wildman–Crippen MR) is 64.9 cm³/mol. The molecule has 1 saturated heterocycles. The van der Waals surface area contributed by atoms with Crippen LogP contribution in [-0.2, 0) is 4.74 Å². The molecule has 3 unspecified atom stereocenters. The summed E-state index contributed by atoms with van der Waals surface area (Å²) in [7, 11) is 0. The summed E-state index contributed by atoms with van der Waals surface area (Å²) in [4.78, 5) is 0. The number of alkyl halides is 5. The Morgan fingerprint density at radius 2 is 1.76 bits per heavy atom. The highest BCUT2D eigenvalue weighted by molar-refractivity contribution is 5.30. The number of aliphatic hydroxyl groups is 1. The standard InChI is InChI=1S/C14H15F5O2/c1-3-8(2)9-4-6-10(7-5-9)11-12(15,16)13(20,21-11)14(17,18)19/h4-8,11,20H,3H2,1-2H3. The van der Waals surface area contributed by atoms with E-state index in [0.29, 0.717) is 0 Å². The molecule has 1 fully saturated rings. The minimum atomic E-state index is -5.55. The van der Waals surface area contributed by atoms with E-state index in [4.69, 9.17) is 5.11 Å². The summed E-state index contributed by atoms with van der Waals surface area (Å²) in [6.45, 7) is 3.91. The molecule has 1 heterocycles. The van der Waals surface area contributed by atoms with E-state index in [2.05, 4.69) is 4.74 Å². The van der Waals surface area contributed by atoms with Gasteiger partial charge in [0.15, 0.2) is 6.10 Å². The van der Waals surface area contributed by atoms with Gasteiger partial charge in [0.25, 0.3) is 0 Å². The van der Waals surface area contributed by atoms with Crippen molar-refractivity contribution >= 4 is 0 Å². The van der Waals surface area contributed by atoms with Gasteiger partial charge in [0, 0.05) is 0 Å². The van der Waals surface area contributed by atoms with E-state index in [0.717, 1.165) is 12.0 Å². The third kappa shape index (κ3) is 2.32. The number of hydrogen-bond donors (Lipinski definition) is 1. The molecule has 1 aromatic carbocycles. The van der Waals surface area contributed by atoms with Crippen LogP contribution in [0.1, 0.15) is 43.4 Å². The highest BCUT2D eigenvalue weighted by atomic mass is 19.4. The van der Waals surface area contributed by atoms with Crippen molar-refractivity contribution < 1.29 is 31.8 Å². The topological polar surface area (TPSA) is 29.5 Å². The lowest BCUT2D eigenvalue weighted by Crippen LogP contribution is -2.72. The number of ether oxygens (including phenoxy) is 1. The first-order valence-electron chi connectivity index (χ1n) is 6.49. The lowest BCUT2D eigenvalue weighted by Gasteiger charge is -2.50. The van der Waals surface area contributed by atoms with E-state index in [-0.39, 0.29) is 11.5 Å². The molecule has 118 valence electrons. The molecule has 3 atom stereocenters. The van der Waals surface area contributed by atoms with Gasteiger partial charge in [-0.1, -0.05) is 38.1 Å². The van der Waals surface area contributed by atoms with Gasteiger partial charge in [-0.3, -0.25) is 0 Å². The SMILES string of the molecule is CCC(C)c1ccc(C2OC(O)(C(F)(F)F)C2(F)F)cc1. The van der Waals surface area contributed by atoms with Crippen molar-refractivity contribution in [3.63, 3.8) is 0 Å². The Labute approximate surface area is 118 Å². The Morgan fingerprint density at radius 1 is 1.24 bits per heavy atom. The van der Waals surface area contributed by atoms with Crippen molar-refractivity contribution in [1.29, 1.82) is 0 Å². The van der Waals surface area contributed by atoms with E-state index in [9.17, 15) is 22.0 Å². The van der Waals surface area contributed by atoms with E-state index >= 15 is 0 Å². The Balaban J connectivity index is 2.22. The fourth-order valence-corrected chi connectivity index (χ4v) is 2.21. The fourth-order valence-electron chi connectivity index (χ4n) is 2.21. The second-order valence-corrected chi connectivity index (χ2v) is 5.24. The lowest BCUT2D eigenvalue weighted by atomic mass is 9.88. The van der Waals surface area contributed by atoms with Crippen molar-refractivity contribution in [3.8, 4) is 0 Å². The number of rotatable bonds is 3. The minimum Gasteiger partial charge on any atom is -0.354 e. The van der Waals surface area contributed by atoms with Gasteiger partial charge in [-0.2, -0.15) is 22.0 Å². The van der Waals surface area contributed by atoms with Gasteiger partial charge in [-0.15, -0.1) is 0 Å². The summed E-state index contributed by atoms with van der Waals surface area (Å²) < 4.78 is 68.7.